The van der Waals surface area contributed by atoms with Gasteiger partial charge in [0.25, 0.3) is 5.56 Å². The number of hydrogen-bond acceptors (Lipinski definition) is 2. The maximum atomic E-state index is 11.4. The predicted octanol–water partition coefficient (Wildman–Crippen LogP) is 0.487. The number of aromatic nitrogens is 2. The van der Waals surface area contributed by atoms with E-state index in [9.17, 15) is 4.79 Å². The molecule has 1 aromatic heterocycles. The Balaban J connectivity index is 3.28. The Morgan fingerprint density at radius 2 is 2.08 bits per heavy atom. The molecule has 0 atom stereocenters. The maximum absolute atomic E-state index is 11.4. The standard InChI is InChI=1S/C8H15N3O/c1-4-5-11-8(12)7(9)6(2)10(11)3/h4-5,9H2,1-3H3. The minimum atomic E-state index is -0.0724. The van der Waals surface area contributed by atoms with Gasteiger partial charge < -0.3 is 5.73 Å². The van der Waals surface area contributed by atoms with Crippen molar-refractivity contribution in [1.82, 2.24) is 9.36 Å². The average Bonchev–Trinajstić information content (AvgIpc) is 2.23. The number of rotatable bonds is 2. The first-order valence-corrected chi connectivity index (χ1v) is 4.11. The summed E-state index contributed by atoms with van der Waals surface area (Å²) in [5.74, 6) is 0. The van der Waals surface area contributed by atoms with Crippen LogP contribution in [-0.2, 0) is 13.6 Å². The Bertz CT molecular complexity index is 335. The Kier molecular flexibility index (Phi) is 2.26. The van der Waals surface area contributed by atoms with Crippen molar-refractivity contribution in [2.45, 2.75) is 26.8 Å². The summed E-state index contributed by atoms with van der Waals surface area (Å²) in [4.78, 5) is 11.4. The van der Waals surface area contributed by atoms with Crippen molar-refractivity contribution >= 4 is 5.69 Å². The molecule has 0 bridgehead atoms. The zero-order valence-electron chi connectivity index (χ0n) is 7.79. The Hall–Kier alpha value is -1.19. The van der Waals surface area contributed by atoms with Crippen molar-refractivity contribution in [2.24, 2.45) is 7.05 Å². The van der Waals surface area contributed by atoms with Crippen LogP contribution in [0.2, 0.25) is 0 Å². The fourth-order valence-electron chi connectivity index (χ4n) is 1.25. The lowest BCUT2D eigenvalue weighted by Gasteiger charge is -2.05. The molecule has 0 saturated heterocycles. The summed E-state index contributed by atoms with van der Waals surface area (Å²) in [6.07, 6.45) is 0.941. The third-order valence-corrected chi connectivity index (χ3v) is 2.14. The topological polar surface area (TPSA) is 52.9 Å². The molecule has 2 N–H and O–H groups in total. The highest BCUT2D eigenvalue weighted by Crippen LogP contribution is 2.04. The first-order chi connectivity index (χ1) is 5.59. The van der Waals surface area contributed by atoms with E-state index in [0.29, 0.717) is 5.69 Å². The lowest BCUT2D eigenvalue weighted by atomic mass is 10.4. The fourth-order valence-corrected chi connectivity index (χ4v) is 1.25. The van der Waals surface area contributed by atoms with E-state index in [0.717, 1.165) is 18.7 Å². The molecule has 0 aliphatic rings. The molecule has 0 saturated carbocycles. The number of nitrogens with two attached hydrogens (primary N) is 1. The zero-order chi connectivity index (χ0) is 9.30. The number of nitrogens with zero attached hydrogens (tertiary/aromatic N) is 2. The molecule has 0 radical (unpaired) electrons. The number of anilines is 1. The van der Waals surface area contributed by atoms with Crippen LogP contribution in [-0.4, -0.2) is 9.36 Å². The molecule has 12 heavy (non-hydrogen) atoms. The third kappa shape index (κ3) is 1.13. The summed E-state index contributed by atoms with van der Waals surface area (Å²) in [5.41, 5.74) is 6.72. The van der Waals surface area contributed by atoms with Gasteiger partial charge in [-0.2, -0.15) is 0 Å². The SMILES string of the molecule is CCCn1c(=O)c(N)c(C)n1C. The molecule has 0 aliphatic carbocycles. The first-order valence-electron chi connectivity index (χ1n) is 4.11. The van der Waals surface area contributed by atoms with Gasteiger partial charge in [-0.15, -0.1) is 0 Å². The van der Waals surface area contributed by atoms with Gasteiger partial charge in [0.05, 0.1) is 5.69 Å². The lowest BCUT2D eigenvalue weighted by Crippen LogP contribution is -2.22. The van der Waals surface area contributed by atoms with Crippen molar-refractivity contribution in [1.29, 1.82) is 0 Å². The molecule has 0 unspecified atom stereocenters. The molecule has 68 valence electrons. The Morgan fingerprint density at radius 1 is 1.50 bits per heavy atom. The normalized spacial score (nSPS) is 10.6. The third-order valence-electron chi connectivity index (χ3n) is 2.14. The molecule has 1 rings (SSSR count). The minimum absolute atomic E-state index is 0.0724. The quantitative estimate of drug-likeness (QED) is 0.700. The zero-order valence-corrected chi connectivity index (χ0v) is 7.79. The van der Waals surface area contributed by atoms with E-state index in [1.54, 1.807) is 9.36 Å². The molecular weight excluding hydrogens is 154 g/mol. The van der Waals surface area contributed by atoms with Crippen LogP contribution in [0.4, 0.5) is 5.69 Å². The van der Waals surface area contributed by atoms with Gasteiger partial charge in [0, 0.05) is 13.6 Å². The van der Waals surface area contributed by atoms with Crippen molar-refractivity contribution in [3.63, 3.8) is 0 Å². The summed E-state index contributed by atoms with van der Waals surface area (Å²) < 4.78 is 3.46. The smallest absolute Gasteiger partial charge is 0.290 e. The minimum Gasteiger partial charge on any atom is -0.393 e. The largest absolute Gasteiger partial charge is 0.393 e. The van der Waals surface area contributed by atoms with Crippen molar-refractivity contribution in [3.05, 3.63) is 16.0 Å². The van der Waals surface area contributed by atoms with Crippen molar-refractivity contribution in [3.8, 4) is 0 Å². The first kappa shape index (κ1) is 8.90. The second kappa shape index (κ2) is 3.05. The van der Waals surface area contributed by atoms with Gasteiger partial charge >= 0.3 is 0 Å². The Morgan fingerprint density at radius 3 is 2.42 bits per heavy atom. The van der Waals surface area contributed by atoms with E-state index in [2.05, 4.69) is 0 Å². The Labute approximate surface area is 71.6 Å². The summed E-state index contributed by atoms with van der Waals surface area (Å²) >= 11 is 0. The summed E-state index contributed by atoms with van der Waals surface area (Å²) in [5, 5.41) is 0. The van der Waals surface area contributed by atoms with E-state index in [1.807, 2.05) is 20.9 Å². The lowest BCUT2D eigenvalue weighted by molar-refractivity contribution is 0.482. The van der Waals surface area contributed by atoms with Gasteiger partial charge in [0.1, 0.15) is 5.69 Å². The maximum Gasteiger partial charge on any atom is 0.290 e. The van der Waals surface area contributed by atoms with Crippen LogP contribution in [0.25, 0.3) is 0 Å². The van der Waals surface area contributed by atoms with Crippen LogP contribution in [0, 0.1) is 6.92 Å². The van der Waals surface area contributed by atoms with Crippen LogP contribution < -0.4 is 11.3 Å². The van der Waals surface area contributed by atoms with Crippen LogP contribution in [0.3, 0.4) is 0 Å². The van der Waals surface area contributed by atoms with Crippen LogP contribution >= 0.6 is 0 Å². The molecule has 4 heteroatoms. The number of nitrogen functional groups attached to an aromatic ring is 1. The molecule has 0 amide bonds. The second-order valence-electron chi connectivity index (χ2n) is 2.95. The summed E-state index contributed by atoms with van der Waals surface area (Å²) in [6.45, 7) is 4.61. The monoisotopic (exact) mass is 169 g/mol. The van der Waals surface area contributed by atoms with Gasteiger partial charge in [0.2, 0.25) is 0 Å². The molecule has 1 aromatic rings. The number of hydrogen-bond donors (Lipinski definition) is 1. The summed E-state index contributed by atoms with van der Waals surface area (Å²) in [7, 11) is 1.85. The molecule has 0 aromatic carbocycles. The highest BCUT2D eigenvalue weighted by Gasteiger charge is 2.09. The second-order valence-corrected chi connectivity index (χ2v) is 2.95. The van der Waals surface area contributed by atoms with Crippen LogP contribution in [0.5, 0.6) is 0 Å². The highest BCUT2D eigenvalue weighted by atomic mass is 16.1. The average molecular weight is 169 g/mol. The molecule has 4 nitrogen and oxygen atoms in total. The summed E-state index contributed by atoms with van der Waals surface area (Å²) in [6, 6.07) is 0. The predicted molar refractivity (Wildman–Crippen MR) is 49.1 cm³/mol. The van der Waals surface area contributed by atoms with E-state index in [1.165, 1.54) is 0 Å². The van der Waals surface area contributed by atoms with Gasteiger partial charge in [-0.3, -0.25) is 9.48 Å². The van der Waals surface area contributed by atoms with Crippen molar-refractivity contribution < 1.29 is 0 Å². The molecule has 0 spiro atoms. The van der Waals surface area contributed by atoms with E-state index in [-0.39, 0.29) is 5.56 Å². The van der Waals surface area contributed by atoms with Crippen molar-refractivity contribution in [2.75, 3.05) is 5.73 Å². The van der Waals surface area contributed by atoms with Crippen LogP contribution in [0.1, 0.15) is 19.0 Å². The van der Waals surface area contributed by atoms with E-state index < -0.39 is 0 Å². The van der Waals surface area contributed by atoms with E-state index in [4.69, 9.17) is 5.73 Å². The molecule has 0 fully saturated rings. The molecule has 1 heterocycles. The molecule has 0 aliphatic heterocycles. The van der Waals surface area contributed by atoms with Gasteiger partial charge in [-0.1, -0.05) is 6.92 Å². The highest BCUT2D eigenvalue weighted by molar-refractivity contribution is 5.40. The van der Waals surface area contributed by atoms with Crippen LogP contribution in [0.15, 0.2) is 4.79 Å². The fraction of sp³-hybridized carbons (Fsp3) is 0.625. The van der Waals surface area contributed by atoms with Gasteiger partial charge in [-0.05, 0) is 13.3 Å². The van der Waals surface area contributed by atoms with E-state index >= 15 is 0 Å². The molecular formula is C8H15N3O. The van der Waals surface area contributed by atoms with Gasteiger partial charge in [0.15, 0.2) is 0 Å². The van der Waals surface area contributed by atoms with Gasteiger partial charge in [-0.25, -0.2) is 4.68 Å².